The molecule has 0 saturated carbocycles. The van der Waals surface area contributed by atoms with Gasteiger partial charge in [-0.25, -0.2) is 9.97 Å². The highest BCUT2D eigenvalue weighted by Gasteiger charge is 2.36. The number of rotatable bonds is 2. The van der Waals surface area contributed by atoms with E-state index in [0.717, 1.165) is 18.2 Å². The number of imidazole rings is 1. The van der Waals surface area contributed by atoms with Crippen molar-refractivity contribution in [3.8, 4) is 5.75 Å². The van der Waals surface area contributed by atoms with Gasteiger partial charge in [-0.2, -0.15) is 13.2 Å². The Morgan fingerprint density at radius 1 is 1.31 bits per heavy atom. The van der Waals surface area contributed by atoms with Crippen molar-refractivity contribution in [1.29, 1.82) is 0 Å². The van der Waals surface area contributed by atoms with Crippen molar-refractivity contribution in [2.45, 2.75) is 19.1 Å². The van der Waals surface area contributed by atoms with E-state index in [1.807, 2.05) is 0 Å². The average Bonchev–Trinajstić information content (AvgIpc) is 3.40. The smallest absolute Gasteiger partial charge is 0.416 e. The Morgan fingerprint density at radius 3 is 2.88 bits per heavy atom. The number of alkyl halides is 3. The molecule has 3 heterocycles. The van der Waals surface area contributed by atoms with E-state index in [1.54, 1.807) is 17.4 Å². The minimum atomic E-state index is -4.59. The molecule has 2 aromatic heterocycles. The Morgan fingerprint density at radius 2 is 2.12 bits per heavy atom. The van der Waals surface area contributed by atoms with Crippen LogP contribution >= 0.6 is 0 Å². The second-order valence-electron chi connectivity index (χ2n) is 7.55. The molecule has 1 aliphatic heterocycles. The minimum Gasteiger partial charge on any atom is -0.491 e. The summed E-state index contributed by atoms with van der Waals surface area (Å²) in [6.07, 6.45) is -1.58. The van der Waals surface area contributed by atoms with Gasteiger partial charge in [-0.1, -0.05) is 6.07 Å². The van der Waals surface area contributed by atoms with Crippen molar-refractivity contribution < 1.29 is 26.8 Å². The Balaban J connectivity index is 1.62. The molecule has 4 aromatic rings. The zero-order valence-electron chi connectivity index (χ0n) is 19.6. The number of anilines is 1. The molecule has 1 atom stereocenters. The molecule has 5 rings (SSSR count). The number of carbonyl (C=O) groups is 1. The lowest BCUT2D eigenvalue weighted by atomic mass is 10.0. The third-order valence-corrected chi connectivity index (χ3v) is 5.58. The summed E-state index contributed by atoms with van der Waals surface area (Å²) in [5, 5.41) is 0. The maximum absolute atomic E-state index is 13.7. The van der Waals surface area contributed by atoms with E-state index in [9.17, 15) is 18.0 Å². The molecule has 0 unspecified atom stereocenters. The van der Waals surface area contributed by atoms with Crippen LogP contribution in [0, 0.1) is 6.92 Å². The van der Waals surface area contributed by atoms with Gasteiger partial charge in [-0.05, 0) is 36.8 Å². The molecule has 1 aliphatic rings. The highest BCUT2D eigenvalue weighted by molar-refractivity contribution is 6.00. The number of ether oxygens (including phenoxy) is 1. The van der Waals surface area contributed by atoms with Crippen LogP contribution in [0.25, 0.3) is 16.6 Å². The summed E-state index contributed by atoms with van der Waals surface area (Å²) >= 11 is 0. The fourth-order valence-corrected chi connectivity index (χ4v) is 3.91. The first-order valence-corrected chi connectivity index (χ1v) is 9.56. The first-order valence-electron chi connectivity index (χ1n) is 11.1. The average molecular weight is 444 g/mol. The van der Waals surface area contributed by atoms with E-state index in [0.29, 0.717) is 27.0 Å². The molecule has 0 radical (unpaired) electrons. The van der Waals surface area contributed by atoms with E-state index in [4.69, 9.17) is 14.6 Å². The number of nitrogens with zero attached hydrogens (tertiary/aromatic N) is 4. The van der Waals surface area contributed by atoms with Crippen molar-refractivity contribution in [2.24, 2.45) is 0 Å². The quantitative estimate of drug-likeness (QED) is 0.505. The number of aryl methyl sites for hydroxylation is 1. The van der Waals surface area contributed by atoms with Crippen LogP contribution in [0.3, 0.4) is 0 Å². The fraction of sp³-hybridized carbons (Fsp3) is 0.227. The number of amides is 1. The lowest BCUT2D eigenvalue weighted by Gasteiger charge is -2.25. The summed E-state index contributed by atoms with van der Waals surface area (Å²) < 4.78 is 70.5. The molecule has 164 valence electrons. The number of hydrogen-bond donors (Lipinski definition) is 1. The summed E-state index contributed by atoms with van der Waals surface area (Å²) in [5.74, 6) is -0.687. The number of nitrogen functional groups attached to an aromatic ring is 1. The van der Waals surface area contributed by atoms with Gasteiger partial charge in [0, 0.05) is 22.2 Å². The van der Waals surface area contributed by atoms with Gasteiger partial charge in [-0.15, -0.1) is 0 Å². The van der Waals surface area contributed by atoms with Crippen LogP contribution in [0.2, 0.25) is 0 Å². The molecule has 32 heavy (non-hydrogen) atoms. The van der Waals surface area contributed by atoms with Gasteiger partial charge in [0.15, 0.2) is 0 Å². The molecule has 0 saturated heterocycles. The molecule has 0 bridgehead atoms. The van der Waals surface area contributed by atoms with Gasteiger partial charge in [0.1, 0.15) is 23.7 Å². The molecule has 1 amide bonds. The fourth-order valence-electron chi connectivity index (χ4n) is 3.91. The van der Waals surface area contributed by atoms with Crippen molar-refractivity contribution in [3.05, 3.63) is 65.1 Å². The minimum absolute atomic E-state index is 0.0931. The van der Waals surface area contributed by atoms with Crippen LogP contribution in [-0.4, -0.2) is 38.8 Å². The maximum atomic E-state index is 13.7. The molecular weight excluding hydrogens is 423 g/mol. The molecule has 2 aromatic carbocycles. The normalized spacial score (nSPS) is 17.5. The highest BCUT2D eigenvalue weighted by atomic mass is 19.4. The molecule has 7 nitrogen and oxygen atoms in total. The monoisotopic (exact) mass is 444 g/mol. The first kappa shape index (κ1) is 16.8. The number of fused-ring (bicyclic) bond motifs is 4. The predicted octanol–water partition coefficient (Wildman–Crippen LogP) is 4.00. The topological polar surface area (TPSA) is 85.8 Å². The van der Waals surface area contributed by atoms with E-state index in [2.05, 4.69) is 9.97 Å². The van der Waals surface area contributed by atoms with Crippen molar-refractivity contribution in [2.75, 3.05) is 19.3 Å². The van der Waals surface area contributed by atoms with E-state index in [1.165, 1.54) is 18.6 Å². The molecule has 0 spiro atoms. The molecule has 2 N–H and O–H groups in total. The summed E-state index contributed by atoms with van der Waals surface area (Å²) in [6.45, 7) is -1.56. The van der Waals surface area contributed by atoms with Crippen molar-refractivity contribution in [3.63, 3.8) is 0 Å². The van der Waals surface area contributed by atoms with Crippen LogP contribution < -0.4 is 10.5 Å². The summed E-state index contributed by atoms with van der Waals surface area (Å²) in [7, 11) is 0. The number of halogens is 3. The molecule has 0 fully saturated rings. The van der Waals surface area contributed by atoms with Gasteiger partial charge in [0.25, 0.3) is 5.91 Å². The zero-order chi connectivity index (χ0) is 25.3. The third kappa shape index (κ3) is 3.02. The molecular formula is C22H18F3N5O2. The highest BCUT2D eigenvalue weighted by Crippen LogP contribution is 2.40. The number of nitrogens with two attached hydrogens (primary N) is 1. The number of hydrogen-bond acceptors (Lipinski definition) is 5. The van der Waals surface area contributed by atoms with Crippen molar-refractivity contribution in [1.82, 2.24) is 19.3 Å². The standard InChI is InChI=1S/C22H18F3N5O2/c1-11-5-15-16(30-10-27-8-17(30)20(26)28-15)7-14(11)21(31)29(2)18-9-32-19-6-12(22(23,24)25)3-4-13(18)19/h3-8,10,18H,9H2,1-2H3,(H2,26,28)/t18-/m1/s1/i2D3. The SMILES string of the molecule is [2H]C([2H])([2H])N(C(=O)c1cc2c(cc1C)nc(N)c1cncn12)[C@@H]1COc2cc(C(F)(F)F)ccc21. The zero-order valence-corrected chi connectivity index (χ0v) is 16.6. The van der Waals surface area contributed by atoms with E-state index >= 15 is 0 Å². The number of aromatic nitrogens is 3. The largest absolute Gasteiger partial charge is 0.491 e. The predicted molar refractivity (Wildman–Crippen MR) is 111 cm³/mol. The van der Waals surface area contributed by atoms with Crippen molar-refractivity contribution >= 4 is 28.3 Å². The summed E-state index contributed by atoms with van der Waals surface area (Å²) in [4.78, 5) is 22.7. The Labute approximate surface area is 184 Å². The number of benzene rings is 2. The van der Waals surface area contributed by atoms with Crippen LogP contribution in [0.4, 0.5) is 19.0 Å². The van der Waals surface area contributed by atoms with Gasteiger partial charge >= 0.3 is 6.18 Å². The van der Waals surface area contributed by atoms with Crippen LogP contribution in [-0.2, 0) is 6.18 Å². The van der Waals surface area contributed by atoms with E-state index < -0.39 is 30.7 Å². The number of carbonyl (C=O) groups excluding carboxylic acids is 1. The summed E-state index contributed by atoms with van der Waals surface area (Å²) in [6, 6.07) is 4.82. The van der Waals surface area contributed by atoms with Gasteiger partial charge in [0.05, 0.1) is 35.2 Å². The van der Waals surface area contributed by atoms with Gasteiger partial charge in [0.2, 0.25) is 0 Å². The van der Waals surface area contributed by atoms with Gasteiger partial charge < -0.3 is 15.4 Å². The second kappa shape index (κ2) is 6.84. The van der Waals surface area contributed by atoms with Gasteiger partial charge in [-0.3, -0.25) is 9.20 Å². The third-order valence-electron chi connectivity index (χ3n) is 5.58. The molecule has 10 heteroatoms. The Bertz CT molecular complexity index is 1500. The van der Waals surface area contributed by atoms with Crippen LogP contribution in [0.15, 0.2) is 42.9 Å². The Kier molecular flexibility index (Phi) is 3.60. The Hall–Kier alpha value is -3.82. The van der Waals surface area contributed by atoms with Crippen LogP contribution in [0.5, 0.6) is 5.75 Å². The lowest BCUT2D eigenvalue weighted by molar-refractivity contribution is -0.137. The molecule has 0 aliphatic carbocycles. The maximum Gasteiger partial charge on any atom is 0.416 e. The summed E-state index contributed by atoms with van der Waals surface area (Å²) in [5.41, 5.74) is 7.28. The lowest BCUT2D eigenvalue weighted by Crippen LogP contribution is -2.32. The van der Waals surface area contributed by atoms with E-state index in [-0.39, 0.29) is 29.3 Å². The first-order chi connectivity index (χ1) is 16.4. The second-order valence-corrected chi connectivity index (χ2v) is 7.55. The number of likely N-dealkylation sites (N-methyl/N-ethyl adjacent to an activating group) is 1. The van der Waals surface area contributed by atoms with Crippen LogP contribution in [0.1, 0.15) is 37.2 Å².